The largest absolute Gasteiger partial charge is 0.454 e. The molecule has 0 saturated heterocycles. The lowest BCUT2D eigenvalue weighted by molar-refractivity contribution is 0.174. The highest BCUT2D eigenvalue weighted by Crippen LogP contribution is 2.35. The number of benzene rings is 2. The molecular formula is C17H13BrN4O4. The fourth-order valence-corrected chi connectivity index (χ4v) is 2.78. The van der Waals surface area contributed by atoms with Crippen molar-refractivity contribution in [3.63, 3.8) is 0 Å². The van der Waals surface area contributed by atoms with Gasteiger partial charge in [0.15, 0.2) is 11.5 Å². The molecule has 0 unspecified atom stereocenters. The van der Waals surface area contributed by atoms with Gasteiger partial charge in [0.1, 0.15) is 0 Å². The second-order valence-electron chi connectivity index (χ2n) is 5.40. The standard InChI is InChI=1S/C17H13BrN4O4/c18-11-2-1-3-12(7-11)20-17(23)19-8-15-21-16(22-26-15)10-4-5-13-14(6-10)25-9-24-13/h1-7H,8-9H2,(H2,19,20,23). The number of ether oxygens (including phenoxy) is 2. The summed E-state index contributed by atoms with van der Waals surface area (Å²) in [5.74, 6) is 2.03. The smallest absolute Gasteiger partial charge is 0.319 e. The van der Waals surface area contributed by atoms with Crippen LogP contribution in [0, 0.1) is 0 Å². The number of aromatic nitrogens is 2. The zero-order valence-electron chi connectivity index (χ0n) is 13.4. The molecule has 2 heterocycles. The summed E-state index contributed by atoms with van der Waals surface area (Å²) in [5, 5.41) is 9.31. The zero-order chi connectivity index (χ0) is 17.9. The summed E-state index contributed by atoms with van der Waals surface area (Å²) in [4.78, 5) is 16.2. The Balaban J connectivity index is 1.37. The van der Waals surface area contributed by atoms with Crippen molar-refractivity contribution in [3.05, 3.63) is 52.8 Å². The highest BCUT2D eigenvalue weighted by atomic mass is 79.9. The van der Waals surface area contributed by atoms with E-state index in [9.17, 15) is 4.79 Å². The Morgan fingerprint density at radius 2 is 2.04 bits per heavy atom. The number of nitrogens with one attached hydrogen (secondary N) is 2. The normalized spacial score (nSPS) is 12.0. The Hall–Kier alpha value is -3.07. The minimum Gasteiger partial charge on any atom is -0.454 e. The van der Waals surface area contributed by atoms with E-state index < -0.39 is 0 Å². The number of anilines is 1. The first-order chi connectivity index (χ1) is 12.7. The molecule has 8 nitrogen and oxygen atoms in total. The SMILES string of the molecule is O=C(NCc1nc(-c2ccc3c(c2)OCO3)no1)Nc1cccc(Br)c1. The van der Waals surface area contributed by atoms with Gasteiger partial charge in [0, 0.05) is 15.7 Å². The molecule has 132 valence electrons. The molecule has 0 aliphatic carbocycles. The molecule has 26 heavy (non-hydrogen) atoms. The molecule has 0 fully saturated rings. The van der Waals surface area contributed by atoms with Gasteiger partial charge in [-0.2, -0.15) is 4.98 Å². The van der Waals surface area contributed by atoms with Gasteiger partial charge in [-0.1, -0.05) is 27.2 Å². The number of amides is 2. The molecule has 0 atom stereocenters. The number of nitrogens with zero attached hydrogens (tertiary/aromatic N) is 2. The molecule has 2 amide bonds. The summed E-state index contributed by atoms with van der Waals surface area (Å²) >= 11 is 3.35. The summed E-state index contributed by atoms with van der Waals surface area (Å²) in [6.07, 6.45) is 0. The van der Waals surface area contributed by atoms with Crippen molar-refractivity contribution in [1.82, 2.24) is 15.5 Å². The average molecular weight is 417 g/mol. The van der Waals surface area contributed by atoms with Crippen LogP contribution in [0.3, 0.4) is 0 Å². The molecule has 0 radical (unpaired) electrons. The predicted octanol–water partition coefficient (Wildman–Crippen LogP) is 3.55. The van der Waals surface area contributed by atoms with Crippen LogP contribution < -0.4 is 20.1 Å². The van der Waals surface area contributed by atoms with E-state index in [0.717, 1.165) is 10.0 Å². The second-order valence-corrected chi connectivity index (χ2v) is 6.31. The minimum atomic E-state index is -0.370. The van der Waals surface area contributed by atoms with Crippen molar-refractivity contribution < 1.29 is 18.8 Å². The molecule has 0 bridgehead atoms. The van der Waals surface area contributed by atoms with Crippen molar-refractivity contribution in [3.8, 4) is 22.9 Å². The maximum atomic E-state index is 11.9. The number of halogens is 1. The Labute approximate surface area is 156 Å². The molecule has 0 saturated carbocycles. The van der Waals surface area contributed by atoms with Crippen LogP contribution in [0.4, 0.5) is 10.5 Å². The summed E-state index contributed by atoms with van der Waals surface area (Å²) in [6.45, 7) is 0.310. The van der Waals surface area contributed by atoms with E-state index in [2.05, 4.69) is 36.7 Å². The lowest BCUT2D eigenvalue weighted by atomic mass is 10.2. The molecule has 1 aromatic heterocycles. The molecule has 4 rings (SSSR count). The molecule has 1 aliphatic rings. The predicted molar refractivity (Wildman–Crippen MR) is 95.9 cm³/mol. The zero-order valence-corrected chi connectivity index (χ0v) is 14.9. The van der Waals surface area contributed by atoms with E-state index in [1.807, 2.05) is 18.2 Å². The minimum absolute atomic E-state index is 0.109. The Kier molecular flexibility index (Phi) is 4.44. The molecular weight excluding hydrogens is 404 g/mol. The lowest BCUT2D eigenvalue weighted by Crippen LogP contribution is -2.28. The van der Waals surface area contributed by atoms with Crippen LogP contribution in [0.25, 0.3) is 11.4 Å². The van der Waals surface area contributed by atoms with Gasteiger partial charge in [0.05, 0.1) is 6.54 Å². The number of carbonyl (C=O) groups is 1. The van der Waals surface area contributed by atoms with Gasteiger partial charge in [-0.05, 0) is 36.4 Å². The first kappa shape index (κ1) is 16.4. The third-order valence-corrected chi connectivity index (χ3v) is 4.07. The van der Waals surface area contributed by atoms with Crippen LogP contribution in [-0.4, -0.2) is 23.0 Å². The maximum Gasteiger partial charge on any atom is 0.319 e. The van der Waals surface area contributed by atoms with Crippen molar-refractivity contribution >= 4 is 27.6 Å². The van der Waals surface area contributed by atoms with Gasteiger partial charge in [0.25, 0.3) is 0 Å². The van der Waals surface area contributed by atoms with Crippen molar-refractivity contribution in [1.29, 1.82) is 0 Å². The van der Waals surface area contributed by atoms with E-state index in [0.29, 0.717) is 28.9 Å². The number of hydrogen-bond donors (Lipinski definition) is 2. The average Bonchev–Trinajstić information content (AvgIpc) is 3.28. The second kappa shape index (κ2) is 7.04. The van der Waals surface area contributed by atoms with E-state index in [1.165, 1.54) is 0 Å². The van der Waals surface area contributed by atoms with Crippen LogP contribution in [0.1, 0.15) is 5.89 Å². The van der Waals surface area contributed by atoms with E-state index in [4.69, 9.17) is 14.0 Å². The Morgan fingerprint density at radius 1 is 1.15 bits per heavy atom. The third kappa shape index (κ3) is 3.62. The Bertz CT molecular complexity index is 959. The van der Waals surface area contributed by atoms with Crippen LogP contribution in [0.5, 0.6) is 11.5 Å². The number of carbonyl (C=O) groups excluding carboxylic acids is 1. The molecule has 2 aromatic carbocycles. The fraction of sp³-hybridized carbons (Fsp3) is 0.118. The van der Waals surface area contributed by atoms with Gasteiger partial charge in [-0.3, -0.25) is 0 Å². The van der Waals surface area contributed by atoms with Gasteiger partial charge >= 0.3 is 6.03 Å². The summed E-state index contributed by atoms with van der Waals surface area (Å²) in [6, 6.07) is 12.3. The van der Waals surface area contributed by atoms with Gasteiger partial charge in [-0.25, -0.2) is 4.79 Å². The maximum absolute atomic E-state index is 11.9. The van der Waals surface area contributed by atoms with Gasteiger partial charge in [-0.15, -0.1) is 0 Å². The molecule has 0 spiro atoms. The molecule has 1 aliphatic heterocycles. The monoisotopic (exact) mass is 416 g/mol. The molecule has 9 heteroatoms. The van der Waals surface area contributed by atoms with E-state index in [1.54, 1.807) is 24.3 Å². The van der Waals surface area contributed by atoms with Crippen molar-refractivity contribution in [2.24, 2.45) is 0 Å². The van der Waals surface area contributed by atoms with Crippen LogP contribution in [-0.2, 0) is 6.54 Å². The summed E-state index contributed by atoms with van der Waals surface area (Å²) in [7, 11) is 0. The first-order valence-corrected chi connectivity index (χ1v) is 8.50. The van der Waals surface area contributed by atoms with Crippen LogP contribution in [0.15, 0.2) is 51.5 Å². The van der Waals surface area contributed by atoms with E-state index in [-0.39, 0.29) is 19.4 Å². The van der Waals surface area contributed by atoms with Crippen LogP contribution >= 0.6 is 15.9 Å². The topological polar surface area (TPSA) is 98.5 Å². The lowest BCUT2D eigenvalue weighted by Gasteiger charge is -2.05. The number of fused-ring (bicyclic) bond motifs is 1. The highest BCUT2D eigenvalue weighted by molar-refractivity contribution is 9.10. The molecule has 2 N–H and O–H groups in total. The molecule has 3 aromatic rings. The van der Waals surface area contributed by atoms with Crippen molar-refractivity contribution in [2.75, 3.05) is 12.1 Å². The number of rotatable bonds is 4. The summed E-state index contributed by atoms with van der Waals surface area (Å²) < 4.78 is 16.7. The quantitative estimate of drug-likeness (QED) is 0.674. The first-order valence-electron chi connectivity index (χ1n) is 7.70. The third-order valence-electron chi connectivity index (χ3n) is 3.58. The fourth-order valence-electron chi connectivity index (χ4n) is 2.38. The van der Waals surface area contributed by atoms with Gasteiger partial charge in [0.2, 0.25) is 18.5 Å². The van der Waals surface area contributed by atoms with Crippen molar-refractivity contribution in [2.45, 2.75) is 6.54 Å². The van der Waals surface area contributed by atoms with E-state index >= 15 is 0 Å². The highest BCUT2D eigenvalue weighted by Gasteiger charge is 2.16. The van der Waals surface area contributed by atoms with Crippen LogP contribution in [0.2, 0.25) is 0 Å². The summed E-state index contributed by atoms with van der Waals surface area (Å²) in [5.41, 5.74) is 1.41. The van der Waals surface area contributed by atoms with Gasteiger partial charge < -0.3 is 24.6 Å². The number of urea groups is 1. The Morgan fingerprint density at radius 3 is 2.92 bits per heavy atom. The number of hydrogen-bond acceptors (Lipinski definition) is 6.